The van der Waals surface area contributed by atoms with Crippen LogP contribution >= 0.6 is 0 Å². The quantitative estimate of drug-likeness (QED) is 0.158. The molecule has 0 heterocycles. The van der Waals surface area contributed by atoms with Crippen LogP contribution < -0.4 is 4.90 Å². The summed E-state index contributed by atoms with van der Waals surface area (Å²) in [5, 5.41) is 0. The van der Waals surface area contributed by atoms with Crippen molar-refractivity contribution in [2.24, 2.45) is 0 Å². The van der Waals surface area contributed by atoms with Gasteiger partial charge in [-0.1, -0.05) is 157 Å². The molecule has 0 saturated heterocycles. The lowest BCUT2D eigenvalue weighted by atomic mass is 9.92. The molecule has 0 aliphatic carbocycles. The van der Waals surface area contributed by atoms with E-state index in [4.69, 9.17) is 0 Å². The van der Waals surface area contributed by atoms with Crippen molar-refractivity contribution in [1.82, 2.24) is 0 Å². The molecule has 0 spiro atoms. The molecule has 8 aromatic carbocycles. The smallest absolute Gasteiger partial charge is 0.0462 e. The molecule has 0 N–H and O–H groups in total. The van der Waals surface area contributed by atoms with Gasteiger partial charge in [0.25, 0.3) is 0 Å². The van der Waals surface area contributed by atoms with Crippen LogP contribution in [0.4, 0.5) is 17.1 Å². The minimum Gasteiger partial charge on any atom is -0.311 e. The van der Waals surface area contributed by atoms with Crippen molar-refractivity contribution < 1.29 is 0 Å². The van der Waals surface area contributed by atoms with Gasteiger partial charge in [0.2, 0.25) is 0 Å². The number of nitrogens with zero attached hydrogens (tertiary/aromatic N) is 1. The number of rotatable bonds is 8. The fourth-order valence-electron chi connectivity index (χ4n) is 6.74. The second-order valence-electron chi connectivity index (χ2n) is 13.2. The van der Waals surface area contributed by atoms with Gasteiger partial charge in [-0.2, -0.15) is 0 Å². The van der Waals surface area contributed by atoms with Crippen molar-refractivity contribution in [2.45, 2.75) is 13.8 Å². The van der Waals surface area contributed by atoms with Crippen LogP contribution in [0.1, 0.15) is 11.1 Å². The van der Waals surface area contributed by atoms with E-state index in [0.717, 1.165) is 17.1 Å². The van der Waals surface area contributed by atoms with E-state index in [2.05, 4.69) is 219 Å². The van der Waals surface area contributed by atoms with Gasteiger partial charge in [-0.05, 0) is 124 Å². The third-order valence-electron chi connectivity index (χ3n) is 9.63. The van der Waals surface area contributed by atoms with Crippen molar-refractivity contribution in [3.05, 3.63) is 211 Å². The molecule has 0 atom stereocenters. The van der Waals surface area contributed by atoms with Gasteiger partial charge >= 0.3 is 0 Å². The Labute approximate surface area is 301 Å². The van der Waals surface area contributed by atoms with Crippen LogP contribution in [0.5, 0.6) is 0 Å². The molecular weight excluding hydrogens is 615 g/mol. The number of aryl methyl sites for hydroxylation is 2. The molecule has 0 bridgehead atoms. The Kier molecular flexibility index (Phi) is 8.85. The molecule has 0 saturated carbocycles. The molecule has 1 nitrogen and oxygen atoms in total. The van der Waals surface area contributed by atoms with E-state index in [-0.39, 0.29) is 0 Å². The highest BCUT2D eigenvalue weighted by atomic mass is 15.1. The maximum absolute atomic E-state index is 2.34. The normalized spacial score (nSPS) is 10.9. The van der Waals surface area contributed by atoms with E-state index < -0.39 is 0 Å². The second-order valence-corrected chi connectivity index (χ2v) is 13.2. The zero-order valence-corrected chi connectivity index (χ0v) is 29.0. The largest absolute Gasteiger partial charge is 0.311 e. The van der Waals surface area contributed by atoms with Crippen LogP contribution in [0.3, 0.4) is 0 Å². The predicted molar refractivity (Wildman–Crippen MR) is 218 cm³/mol. The molecule has 0 aliphatic rings. The maximum Gasteiger partial charge on any atom is 0.0462 e. The topological polar surface area (TPSA) is 3.24 Å². The zero-order valence-electron chi connectivity index (χ0n) is 29.0. The van der Waals surface area contributed by atoms with Gasteiger partial charge in [0.05, 0.1) is 0 Å². The van der Waals surface area contributed by atoms with Gasteiger partial charge < -0.3 is 4.90 Å². The highest BCUT2D eigenvalue weighted by Gasteiger charge is 2.15. The van der Waals surface area contributed by atoms with Gasteiger partial charge in [0, 0.05) is 17.1 Å². The molecule has 0 aromatic heterocycles. The summed E-state index contributed by atoms with van der Waals surface area (Å²) in [6.45, 7) is 4.27. The van der Waals surface area contributed by atoms with E-state index in [1.54, 1.807) is 0 Å². The Morgan fingerprint density at radius 3 is 0.765 bits per heavy atom. The highest BCUT2D eigenvalue weighted by molar-refractivity contribution is 5.84. The fraction of sp³-hybridized carbons (Fsp3) is 0.0400. The van der Waals surface area contributed by atoms with Gasteiger partial charge in [-0.15, -0.1) is 0 Å². The first-order valence-electron chi connectivity index (χ1n) is 17.6. The molecule has 0 fully saturated rings. The van der Waals surface area contributed by atoms with Crippen LogP contribution in [0.25, 0.3) is 55.6 Å². The fourth-order valence-corrected chi connectivity index (χ4v) is 6.74. The van der Waals surface area contributed by atoms with Crippen LogP contribution in [0.2, 0.25) is 0 Å². The summed E-state index contributed by atoms with van der Waals surface area (Å²) in [7, 11) is 0. The Hall–Kier alpha value is -6.44. The molecule has 1 heteroatoms. The molecule has 0 aliphatic heterocycles. The maximum atomic E-state index is 2.34. The zero-order chi connectivity index (χ0) is 34.6. The Bertz CT molecular complexity index is 2210. The van der Waals surface area contributed by atoms with E-state index in [1.165, 1.54) is 66.8 Å². The first kappa shape index (κ1) is 31.8. The average molecular weight is 654 g/mol. The Morgan fingerprint density at radius 1 is 0.235 bits per heavy atom. The highest BCUT2D eigenvalue weighted by Crippen LogP contribution is 2.39. The summed E-state index contributed by atoms with van der Waals surface area (Å²) >= 11 is 0. The van der Waals surface area contributed by atoms with Crippen molar-refractivity contribution in [3.63, 3.8) is 0 Å². The molecule has 0 unspecified atom stereocenters. The predicted octanol–water partition coefficient (Wildman–Crippen LogP) is 14.1. The molecule has 8 rings (SSSR count). The van der Waals surface area contributed by atoms with Crippen LogP contribution in [-0.4, -0.2) is 0 Å². The summed E-state index contributed by atoms with van der Waals surface area (Å²) < 4.78 is 0. The Morgan fingerprint density at radius 2 is 0.471 bits per heavy atom. The first-order valence-corrected chi connectivity index (χ1v) is 17.6. The summed E-state index contributed by atoms with van der Waals surface area (Å²) in [5.41, 5.74) is 17.9. The number of benzene rings is 8. The molecule has 0 amide bonds. The summed E-state index contributed by atoms with van der Waals surface area (Å²) in [5.74, 6) is 0. The van der Waals surface area contributed by atoms with Gasteiger partial charge in [-0.3, -0.25) is 0 Å². The van der Waals surface area contributed by atoms with E-state index in [9.17, 15) is 0 Å². The third-order valence-corrected chi connectivity index (χ3v) is 9.63. The lowest BCUT2D eigenvalue weighted by Crippen LogP contribution is -2.09. The SMILES string of the molecule is Cc1ccc(-c2cc(-c3ccc(C)cc3)cc(-c3ccc(N(c4ccc(-c5ccccc5)cc4)c4ccc(-c5ccccc5)cc4)cc3)c2)cc1. The van der Waals surface area contributed by atoms with Crippen LogP contribution in [-0.2, 0) is 0 Å². The molecule has 51 heavy (non-hydrogen) atoms. The van der Waals surface area contributed by atoms with Gasteiger partial charge in [0.1, 0.15) is 0 Å². The van der Waals surface area contributed by atoms with Gasteiger partial charge in [0.15, 0.2) is 0 Å². The molecule has 8 aromatic rings. The van der Waals surface area contributed by atoms with Crippen LogP contribution in [0, 0.1) is 13.8 Å². The van der Waals surface area contributed by atoms with E-state index in [1.807, 2.05) is 0 Å². The second kappa shape index (κ2) is 14.2. The lowest BCUT2D eigenvalue weighted by Gasteiger charge is -2.26. The summed E-state index contributed by atoms with van der Waals surface area (Å²) in [4.78, 5) is 2.34. The van der Waals surface area contributed by atoms with Crippen molar-refractivity contribution in [1.29, 1.82) is 0 Å². The minimum atomic E-state index is 1.10. The summed E-state index contributed by atoms with van der Waals surface area (Å²) in [6, 6.07) is 72.5. The molecule has 244 valence electrons. The third kappa shape index (κ3) is 7.02. The number of hydrogen-bond acceptors (Lipinski definition) is 1. The Balaban J connectivity index is 1.19. The summed E-state index contributed by atoms with van der Waals surface area (Å²) in [6.07, 6.45) is 0. The minimum absolute atomic E-state index is 1.10. The molecule has 0 radical (unpaired) electrons. The van der Waals surface area contributed by atoms with Crippen molar-refractivity contribution in [3.8, 4) is 55.6 Å². The van der Waals surface area contributed by atoms with E-state index in [0.29, 0.717) is 0 Å². The molecular formula is C50H39N. The van der Waals surface area contributed by atoms with Crippen LogP contribution in [0.15, 0.2) is 200 Å². The monoisotopic (exact) mass is 653 g/mol. The first-order chi connectivity index (χ1) is 25.1. The number of hydrogen-bond donors (Lipinski definition) is 0. The van der Waals surface area contributed by atoms with E-state index >= 15 is 0 Å². The lowest BCUT2D eigenvalue weighted by molar-refractivity contribution is 1.28. The number of anilines is 3. The van der Waals surface area contributed by atoms with Crippen molar-refractivity contribution in [2.75, 3.05) is 4.90 Å². The average Bonchev–Trinajstić information content (AvgIpc) is 3.20. The van der Waals surface area contributed by atoms with Crippen molar-refractivity contribution >= 4 is 17.1 Å². The standard InChI is InChI=1S/C50H39N/c1-36-13-17-42(18-14-36)45-33-46(43-19-15-37(2)16-20-43)35-47(34-45)44-25-31-50(32-26-44)51(48-27-21-40(22-28-48)38-9-5-3-6-10-38)49-29-23-41(24-30-49)39-11-7-4-8-12-39/h3-35H,1-2H3. The van der Waals surface area contributed by atoms with Gasteiger partial charge in [-0.25, -0.2) is 0 Å².